The van der Waals surface area contributed by atoms with Crippen molar-refractivity contribution in [3.8, 4) is 17.5 Å². The van der Waals surface area contributed by atoms with Crippen molar-refractivity contribution >= 4 is 18.0 Å². The molecule has 0 N–H and O–H groups in total. The Kier molecular flexibility index (Phi) is 6.67. The van der Waals surface area contributed by atoms with Crippen LogP contribution in [0.5, 0.6) is 0 Å². The molecule has 0 amide bonds. The molecule has 3 aromatic rings. The minimum atomic E-state index is -0.280. The van der Waals surface area contributed by atoms with Crippen molar-refractivity contribution in [3.63, 3.8) is 0 Å². The van der Waals surface area contributed by atoms with Gasteiger partial charge in [-0.15, -0.1) is 0 Å². The largest absolute Gasteiger partial charge is 0.376 e. The lowest BCUT2D eigenvalue weighted by Gasteiger charge is -2.35. The third-order valence-electron chi connectivity index (χ3n) is 6.35. The average molecular weight is 480 g/mol. The monoisotopic (exact) mass is 479 g/mol. The summed E-state index contributed by atoms with van der Waals surface area (Å²) in [6, 6.07) is 12.2. The van der Waals surface area contributed by atoms with Gasteiger partial charge in [0.05, 0.1) is 24.9 Å². The van der Waals surface area contributed by atoms with Crippen LogP contribution in [0.1, 0.15) is 18.4 Å². The predicted octanol–water partition coefficient (Wildman–Crippen LogP) is 3.45. The van der Waals surface area contributed by atoms with E-state index in [1.807, 2.05) is 9.25 Å². The van der Waals surface area contributed by atoms with Gasteiger partial charge in [-0.3, -0.25) is 9.47 Å². The number of anilines is 1. The molecule has 10 heteroatoms. The maximum atomic E-state index is 13.5. The van der Waals surface area contributed by atoms with Crippen molar-refractivity contribution < 1.29 is 9.13 Å². The molecule has 2 aromatic heterocycles. The van der Waals surface area contributed by atoms with Crippen LogP contribution < -0.4 is 4.90 Å². The summed E-state index contributed by atoms with van der Waals surface area (Å²) in [6.07, 6.45) is 3.88. The molecule has 2 saturated heterocycles. The molecule has 1 unspecified atom stereocenters. The summed E-state index contributed by atoms with van der Waals surface area (Å²) in [7, 11) is 0. The summed E-state index contributed by atoms with van der Waals surface area (Å²) >= 11 is 5.82. The molecule has 2 aliphatic heterocycles. The summed E-state index contributed by atoms with van der Waals surface area (Å²) in [5.41, 5.74) is 1.42. The third kappa shape index (κ3) is 4.73. The van der Waals surface area contributed by atoms with E-state index in [2.05, 4.69) is 20.9 Å². The molecule has 1 atom stereocenters. The summed E-state index contributed by atoms with van der Waals surface area (Å²) in [4.78, 5) is 8.85. The number of aromatic nitrogens is 4. The average Bonchev–Trinajstić information content (AvgIpc) is 3.49. The van der Waals surface area contributed by atoms with E-state index < -0.39 is 0 Å². The highest BCUT2D eigenvalue weighted by Gasteiger charge is 2.24. The van der Waals surface area contributed by atoms with E-state index in [4.69, 9.17) is 22.1 Å². The van der Waals surface area contributed by atoms with Crippen LogP contribution in [0, 0.1) is 21.9 Å². The van der Waals surface area contributed by atoms with Gasteiger partial charge in [0.1, 0.15) is 17.7 Å². The number of halogens is 1. The van der Waals surface area contributed by atoms with Crippen LogP contribution in [0.25, 0.3) is 11.4 Å². The molecular weight excluding hydrogens is 453 g/mol. The molecule has 1 aromatic carbocycles. The van der Waals surface area contributed by atoms with Gasteiger partial charge in [-0.1, -0.05) is 0 Å². The van der Waals surface area contributed by atoms with Crippen LogP contribution in [0.3, 0.4) is 0 Å². The van der Waals surface area contributed by atoms with Crippen molar-refractivity contribution in [2.75, 3.05) is 37.7 Å². The third-order valence-corrected chi connectivity index (χ3v) is 6.78. The van der Waals surface area contributed by atoms with Gasteiger partial charge < -0.3 is 9.64 Å². The Hall–Kier alpha value is -3.13. The summed E-state index contributed by atoms with van der Waals surface area (Å²) in [5.74, 6) is 1.18. The zero-order valence-corrected chi connectivity index (χ0v) is 19.6. The number of nitriles is 1. The van der Waals surface area contributed by atoms with Gasteiger partial charge in [0, 0.05) is 44.5 Å². The van der Waals surface area contributed by atoms with E-state index in [0.29, 0.717) is 23.5 Å². The highest BCUT2D eigenvalue weighted by atomic mass is 32.1. The number of ether oxygens (including phenoxy) is 1. The fourth-order valence-electron chi connectivity index (χ4n) is 4.53. The second-order valence-electron chi connectivity index (χ2n) is 8.59. The molecule has 2 aliphatic rings. The van der Waals surface area contributed by atoms with E-state index in [9.17, 15) is 9.65 Å². The molecule has 176 valence electrons. The Morgan fingerprint density at radius 2 is 1.94 bits per heavy atom. The predicted molar refractivity (Wildman–Crippen MR) is 128 cm³/mol. The van der Waals surface area contributed by atoms with Crippen LogP contribution in [-0.2, 0) is 18.0 Å². The summed E-state index contributed by atoms with van der Waals surface area (Å²) < 4.78 is 23.9. The minimum absolute atomic E-state index is 0.111. The van der Waals surface area contributed by atoms with Crippen LogP contribution in [0.2, 0.25) is 0 Å². The highest BCUT2D eigenvalue weighted by Crippen LogP contribution is 2.23. The SMILES string of the molecule is N#Cc1cccnc1N1CCN(Cn2nc(-c3ccc(F)cc3)n(CC3CCCO3)c2=S)CC1. The van der Waals surface area contributed by atoms with Crippen LogP contribution in [0.15, 0.2) is 42.6 Å². The first kappa shape index (κ1) is 22.7. The van der Waals surface area contributed by atoms with Gasteiger partial charge in [-0.2, -0.15) is 10.4 Å². The van der Waals surface area contributed by atoms with Gasteiger partial charge in [0.2, 0.25) is 0 Å². The standard InChI is InChI=1S/C24H26FN7OS/c25-20-7-5-18(6-8-20)23-28-32(24(34)31(23)16-21-4-2-14-33-21)17-29-10-12-30(13-11-29)22-19(15-26)3-1-9-27-22/h1,3,5-9,21H,2,4,10-14,16-17H2. The van der Waals surface area contributed by atoms with Crippen molar-refractivity contribution in [1.29, 1.82) is 5.26 Å². The molecule has 8 nitrogen and oxygen atoms in total. The summed E-state index contributed by atoms with van der Waals surface area (Å²) in [6.45, 7) is 5.09. The fourth-order valence-corrected chi connectivity index (χ4v) is 4.79. The summed E-state index contributed by atoms with van der Waals surface area (Å²) in [5, 5.41) is 14.2. The molecule has 5 rings (SSSR count). The lowest BCUT2D eigenvalue weighted by Crippen LogP contribution is -2.47. The van der Waals surface area contributed by atoms with Crippen LogP contribution in [-0.4, -0.2) is 63.1 Å². The maximum absolute atomic E-state index is 13.5. The molecule has 0 radical (unpaired) electrons. The fraction of sp³-hybridized carbons (Fsp3) is 0.417. The maximum Gasteiger partial charge on any atom is 0.199 e. The number of hydrogen-bond donors (Lipinski definition) is 0. The first-order chi connectivity index (χ1) is 16.6. The lowest BCUT2D eigenvalue weighted by atomic mass is 10.2. The molecule has 0 aliphatic carbocycles. The second-order valence-corrected chi connectivity index (χ2v) is 8.96. The zero-order chi connectivity index (χ0) is 23.5. The Balaban J connectivity index is 1.34. The number of piperazine rings is 1. The quantitative estimate of drug-likeness (QED) is 0.502. The number of pyridine rings is 1. The van der Waals surface area contributed by atoms with E-state index >= 15 is 0 Å². The normalized spacial score (nSPS) is 18.8. The first-order valence-corrected chi connectivity index (χ1v) is 11.9. The van der Waals surface area contributed by atoms with Gasteiger partial charge in [-0.05, 0) is 61.5 Å². The smallest absolute Gasteiger partial charge is 0.199 e. The zero-order valence-electron chi connectivity index (χ0n) is 18.8. The molecule has 0 spiro atoms. The van der Waals surface area contributed by atoms with E-state index in [1.54, 1.807) is 30.5 Å². The Labute approximate surface area is 202 Å². The second kappa shape index (κ2) is 10.0. The molecular formula is C24H26FN7OS. The number of rotatable bonds is 6. The number of hydrogen-bond acceptors (Lipinski definition) is 7. The van der Waals surface area contributed by atoms with Crippen molar-refractivity contribution in [1.82, 2.24) is 24.2 Å². The van der Waals surface area contributed by atoms with Gasteiger partial charge in [0.25, 0.3) is 0 Å². The Morgan fingerprint density at radius 1 is 1.15 bits per heavy atom. The number of nitrogens with zero attached hydrogens (tertiary/aromatic N) is 7. The van der Waals surface area contributed by atoms with E-state index in [-0.39, 0.29) is 11.9 Å². The number of benzene rings is 1. The molecule has 2 fully saturated rings. The van der Waals surface area contributed by atoms with Crippen molar-refractivity contribution in [2.45, 2.75) is 32.2 Å². The molecule has 0 saturated carbocycles. The van der Waals surface area contributed by atoms with Crippen molar-refractivity contribution in [3.05, 3.63) is 58.7 Å². The van der Waals surface area contributed by atoms with E-state index in [1.165, 1.54) is 12.1 Å². The molecule has 34 heavy (non-hydrogen) atoms. The van der Waals surface area contributed by atoms with Gasteiger partial charge >= 0.3 is 0 Å². The first-order valence-electron chi connectivity index (χ1n) is 11.5. The molecule has 4 heterocycles. The topological polar surface area (TPSA) is 75.1 Å². The highest BCUT2D eigenvalue weighted by molar-refractivity contribution is 7.71. The minimum Gasteiger partial charge on any atom is -0.376 e. The van der Waals surface area contributed by atoms with E-state index in [0.717, 1.165) is 62.8 Å². The Morgan fingerprint density at radius 3 is 2.65 bits per heavy atom. The molecule has 0 bridgehead atoms. The van der Waals surface area contributed by atoms with Crippen LogP contribution >= 0.6 is 12.2 Å². The van der Waals surface area contributed by atoms with Gasteiger partial charge in [-0.25, -0.2) is 14.1 Å². The van der Waals surface area contributed by atoms with Crippen LogP contribution in [0.4, 0.5) is 10.2 Å². The van der Waals surface area contributed by atoms with Gasteiger partial charge in [0.15, 0.2) is 10.6 Å². The Bertz CT molecular complexity index is 1240. The van der Waals surface area contributed by atoms with Crippen molar-refractivity contribution in [2.24, 2.45) is 0 Å². The lowest BCUT2D eigenvalue weighted by molar-refractivity contribution is 0.0966.